The van der Waals surface area contributed by atoms with E-state index in [2.05, 4.69) is 10.4 Å². The number of nitrogens with zero attached hydrogens (tertiary/aromatic N) is 2. The molecular weight excluding hydrogens is 253 g/mol. The second kappa shape index (κ2) is 5.50. The molecule has 3 nitrogen and oxygen atoms in total. The maximum atomic E-state index is 14.0. The molecule has 0 fully saturated rings. The second-order valence-electron chi connectivity index (χ2n) is 4.03. The minimum atomic E-state index is -0.301. The van der Waals surface area contributed by atoms with Gasteiger partial charge in [-0.3, -0.25) is 0 Å². The number of para-hydroxylation sites is 1. The molecule has 96 valence electrons. The van der Waals surface area contributed by atoms with Gasteiger partial charge in [-0.1, -0.05) is 30.7 Å². The predicted molar refractivity (Wildman–Crippen MR) is 70.6 cm³/mol. The second-order valence-corrected chi connectivity index (χ2v) is 4.44. The number of aromatic nitrogens is 2. The number of rotatable bonds is 4. The third-order valence-corrected chi connectivity index (χ3v) is 3.07. The molecule has 1 aromatic heterocycles. The van der Waals surface area contributed by atoms with Crippen LogP contribution in [0.25, 0.3) is 5.69 Å². The highest BCUT2D eigenvalue weighted by Crippen LogP contribution is 2.21. The third-order valence-electron chi connectivity index (χ3n) is 2.70. The van der Waals surface area contributed by atoms with E-state index in [4.69, 9.17) is 11.6 Å². The summed E-state index contributed by atoms with van der Waals surface area (Å²) in [6.45, 7) is 5.23. The van der Waals surface area contributed by atoms with Gasteiger partial charge in [0.1, 0.15) is 11.5 Å². The van der Waals surface area contributed by atoms with Gasteiger partial charge in [-0.2, -0.15) is 5.10 Å². The van der Waals surface area contributed by atoms with Crippen LogP contribution in [0.2, 0.25) is 5.02 Å². The Hall–Kier alpha value is -1.39. The molecule has 0 bridgehead atoms. The average molecular weight is 268 g/mol. The quantitative estimate of drug-likeness (QED) is 0.923. The molecule has 0 atom stereocenters. The highest BCUT2D eigenvalue weighted by Gasteiger charge is 2.12. The molecule has 0 unspecified atom stereocenters. The molecule has 0 aliphatic heterocycles. The van der Waals surface area contributed by atoms with Gasteiger partial charge in [0.05, 0.1) is 10.7 Å². The van der Waals surface area contributed by atoms with E-state index in [1.165, 1.54) is 10.7 Å². The molecule has 0 radical (unpaired) electrons. The molecule has 0 amide bonds. The fourth-order valence-corrected chi connectivity index (χ4v) is 1.90. The molecule has 5 heteroatoms. The Bertz CT molecular complexity index is 532. The molecule has 0 spiro atoms. The highest BCUT2D eigenvalue weighted by molar-refractivity contribution is 6.31. The van der Waals surface area contributed by atoms with Crippen molar-refractivity contribution in [1.82, 2.24) is 15.1 Å². The van der Waals surface area contributed by atoms with Crippen LogP contribution < -0.4 is 5.32 Å². The summed E-state index contributed by atoms with van der Waals surface area (Å²) in [4.78, 5) is 0. The lowest BCUT2D eigenvalue weighted by molar-refractivity contribution is 0.602. The highest BCUT2D eigenvalue weighted by atomic mass is 35.5. The molecule has 1 heterocycles. The van der Waals surface area contributed by atoms with Crippen LogP contribution >= 0.6 is 11.6 Å². The number of nitrogens with one attached hydrogen (secondary N) is 1. The van der Waals surface area contributed by atoms with Gasteiger partial charge in [-0.15, -0.1) is 0 Å². The Morgan fingerprint density at radius 3 is 2.83 bits per heavy atom. The molecule has 0 saturated carbocycles. The molecule has 0 saturated heterocycles. The van der Waals surface area contributed by atoms with Gasteiger partial charge in [0.2, 0.25) is 0 Å². The predicted octanol–water partition coefficient (Wildman–Crippen LogP) is 3.08. The zero-order valence-corrected chi connectivity index (χ0v) is 11.1. The van der Waals surface area contributed by atoms with Crippen molar-refractivity contribution in [1.29, 1.82) is 0 Å². The van der Waals surface area contributed by atoms with E-state index in [-0.39, 0.29) is 5.82 Å². The zero-order valence-electron chi connectivity index (χ0n) is 10.4. The molecule has 0 aliphatic carbocycles. The van der Waals surface area contributed by atoms with Crippen LogP contribution in [0.1, 0.15) is 18.2 Å². The maximum absolute atomic E-state index is 14.0. The number of hydrogen-bond donors (Lipinski definition) is 1. The van der Waals surface area contributed by atoms with Crippen LogP contribution in [0.15, 0.2) is 24.4 Å². The normalized spacial score (nSPS) is 10.9. The van der Waals surface area contributed by atoms with E-state index < -0.39 is 0 Å². The van der Waals surface area contributed by atoms with Gasteiger partial charge in [0.15, 0.2) is 0 Å². The smallest absolute Gasteiger partial charge is 0.149 e. The summed E-state index contributed by atoms with van der Waals surface area (Å²) in [5.41, 5.74) is 2.00. The Morgan fingerprint density at radius 2 is 2.22 bits per heavy atom. The fourth-order valence-electron chi connectivity index (χ4n) is 1.77. The first-order valence-electron chi connectivity index (χ1n) is 5.83. The Morgan fingerprint density at radius 1 is 1.44 bits per heavy atom. The van der Waals surface area contributed by atoms with E-state index in [1.807, 2.05) is 13.0 Å². The van der Waals surface area contributed by atoms with Crippen molar-refractivity contribution in [3.63, 3.8) is 0 Å². The van der Waals surface area contributed by atoms with E-state index in [9.17, 15) is 4.39 Å². The monoisotopic (exact) mass is 267 g/mol. The number of aryl methyl sites for hydroxylation is 1. The number of hydrogen-bond acceptors (Lipinski definition) is 2. The zero-order chi connectivity index (χ0) is 13.1. The third kappa shape index (κ3) is 2.54. The lowest BCUT2D eigenvalue weighted by atomic mass is 10.1. The van der Waals surface area contributed by atoms with E-state index >= 15 is 0 Å². The van der Waals surface area contributed by atoms with Gasteiger partial charge in [0, 0.05) is 12.7 Å². The van der Waals surface area contributed by atoms with Crippen molar-refractivity contribution in [2.75, 3.05) is 6.54 Å². The minimum absolute atomic E-state index is 0.301. The minimum Gasteiger partial charge on any atom is -0.313 e. The van der Waals surface area contributed by atoms with Crippen LogP contribution in [0.4, 0.5) is 4.39 Å². The van der Waals surface area contributed by atoms with Gasteiger partial charge < -0.3 is 5.32 Å². The van der Waals surface area contributed by atoms with Gasteiger partial charge >= 0.3 is 0 Å². The van der Waals surface area contributed by atoms with Gasteiger partial charge in [-0.25, -0.2) is 9.07 Å². The summed E-state index contributed by atoms with van der Waals surface area (Å²) < 4.78 is 15.5. The molecule has 2 aromatic rings. The van der Waals surface area contributed by atoms with Crippen molar-refractivity contribution in [3.8, 4) is 5.69 Å². The van der Waals surface area contributed by atoms with Crippen molar-refractivity contribution in [2.45, 2.75) is 20.4 Å². The molecule has 18 heavy (non-hydrogen) atoms. The SMILES string of the molecule is CCNCc1cccc(F)c1-n1cc(Cl)c(C)n1. The number of halogens is 2. The van der Waals surface area contributed by atoms with E-state index in [1.54, 1.807) is 19.2 Å². The summed E-state index contributed by atoms with van der Waals surface area (Å²) in [6.07, 6.45) is 1.63. The van der Waals surface area contributed by atoms with Crippen LogP contribution in [-0.4, -0.2) is 16.3 Å². The molecular formula is C13H15ClFN3. The van der Waals surface area contributed by atoms with E-state index in [0.29, 0.717) is 22.9 Å². The van der Waals surface area contributed by atoms with Gasteiger partial charge in [-0.05, 0) is 25.1 Å². The summed E-state index contributed by atoms with van der Waals surface area (Å²) in [6, 6.07) is 5.01. The van der Waals surface area contributed by atoms with Gasteiger partial charge in [0.25, 0.3) is 0 Å². The van der Waals surface area contributed by atoms with Crippen LogP contribution in [-0.2, 0) is 6.54 Å². The Labute approximate surface area is 111 Å². The molecule has 1 aromatic carbocycles. The standard InChI is InChI=1S/C13H15ClFN3/c1-3-16-7-10-5-4-6-12(15)13(10)18-8-11(14)9(2)17-18/h4-6,8,16H,3,7H2,1-2H3. The Balaban J connectivity index is 2.47. The molecule has 2 rings (SSSR count). The van der Waals surface area contributed by atoms with Crippen molar-refractivity contribution in [2.24, 2.45) is 0 Å². The number of benzene rings is 1. The summed E-state index contributed by atoms with van der Waals surface area (Å²) >= 11 is 5.97. The summed E-state index contributed by atoms with van der Waals surface area (Å²) in [7, 11) is 0. The maximum Gasteiger partial charge on any atom is 0.149 e. The summed E-state index contributed by atoms with van der Waals surface area (Å²) in [5.74, 6) is -0.301. The van der Waals surface area contributed by atoms with E-state index in [0.717, 1.165) is 12.1 Å². The van der Waals surface area contributed by atoms with Crippen LogP contribution in [0.3, 0.4) is 0 Å². The first-order valence-corrected chi connectivity index (χ1v) is 6.21. The van der Waals surface area contributed by atoms with Crippen LogP contribution in [0, 0.1) is 12.7 Å². The van der Waals surface area contributed by atoms with Crippen molar-refractivity contribution < 1.29 is 4.39 Å². The fraction of sp³-hybridized carbons (Fsp3) is 0.308. The lowest BCUT2D eigenvalue weighted by Gasteiger charge is -2.10. The molecule has 0 aliphatic rings. The largest absolute Gasteiger partial charge is 0.313 e. The first-order chi connectivity index (χ1) is 8.63. The van der Waals surface area contributed by atoms with Crippen molar-refractivity contribution >= 4 is 11.6 Å². The van der Waals surface area contributed by atoms with Crippen LogP contribution in [0.5, 0.6) is 0 Å². The first kappa shape index (κ1) is 13.1. The Kier molecular flexibility index (Phi) is 3.99. The van der Waals surface area contributed by atoms with Crippen molar-refractivity contribution in [3.05, 3.63) is 46.5 Å². The summed E-state index contributed by atoms with van der Waals surface area (Å²) in [5, 5.41) is 7.94. The average Bonchev–Trinajstić information content (AvgIpc) is 2.66. The lowest BCUT2D eigenvalue weighted by Crippen LogP contribution is -2.15. The topological polar surface area (TPSA) is 29.9 Å². The molecule has 1 N–H and O–H groups in total.